The lowest BCUT2D eigenvalue weighted by Crippen LogP contribution is -2.47. The molecule has 1 fully saturated rings. The van der Waals surface area contributed by atoms with Gasteiger partial charge in [-0.1, -0.05) is 23.7 Å². The van der Waals surface area contributed by atoms with Gasteiger partial charge >= 0.3 is 5.97 Å². The Morgan fingerprint density at radius 3 is 2.40 bits per heavy atom. The molecular weight excluding hydrogens is 276 g/mol. The molecule has 4 nitrogen and oxygen atoms in total. The minimum Gasteiger partial charge on any atom is -0.481 e. The van der Waals surface area contributed by atoms with Crippen LogP contribution >= 0.6 is 11.6 Å². The van der Waals surface area contributed by atoms with Gasteiger partial charge in [0, 0.05) is 43.8 Å². The quantitative estimate of drug-likeness (QED) is 0.907. The summed E-state index contributed by atoms with van der Waals surface area (Å²) in [5.41, 5.74) is 1.27. The maximum absolute atomic E-state index is 10.6. The molecular formula is C15H21ClN2O2. The topological polar surface area (TPSA) is 43.8 Å². The van der Waals surface area contributed by atoms with Gasteiger partial charge in [0.15, 0.2) is 0 Å². The average molecular weight is 297 g/mol. The standard InChI is InChI=1S/C15H21ClN2O2/c1-12(13-2-4-14(16)5-3-13)18-10-8-17(9-11-18)7-6-15(19)20/h2-5,12H,6-11H2,1H3,(H,19,20)/t12-/m0/s1. The fourth-order valence-electron chi connectivity index (χ4n) is 2.58. The van der Waals surface area contributed by atoms with E-state index < -0.39 is 5.97 Å². The summed E-state index contributed by atoms with van der Waals surface area (Å²) in [7, 11) is 0. The van der Waals surface area contributed by atoms with Crippen molar-refractivity contribution in [2.24, 2.45) is 0 Å². The summed E-state index contributed by atoms with van der Waals surface area (Å²) in [6.07, 6.45) is 0.229. The Morgan fingerprint density at radius 2 is 1.85 bits per heavy atom. The van der Waals surface area contributed by atoms with Crippen LogP contribution in [-0.2, 0) is 4.79 Å². The first-order chi connectivity index (χ1) is 9.56. The lowest BCUT2D eigenvalue weighted by atomic mass is 10.1. The number of halogens is 1. The normalized spacial score (nSPS) is 18.9. The van der Waals surface area contributed by atoms with E-state index in [9.17, 15) is 4.79 Å². The van der Waals surface area contributed by atoms with Crippen LogP contribution in [-0.4, -0.2) is 53.6 Å². The second-order valence-electron chi connectivity index (χ2n) is 5.25. The van der Waals surface area contributed by atoms with Crippen molar-refractivity contribution in [3.8, 4) is 0 Å². The van der Waals surface area contributed by atoms with E-state index in [0.717, 1.165) is 31.2 Å². The van der Waals surface area contributed by atoms with E-state index in [2.05, 4.69) is 28.9 Å². The highest BCUT2D eigenvalue weighted by Gasteiger charge is 2.22. The zero-order valence-electron chi connectivity index (χ0n) is 11.8. The van der Waals surface area contributed by atoms with E-state index in [-0.39, 0.29) is 6.42 Å². The second kappa shape index (κ2) is 7.07. The van der Waals surface area contributed by atoms with Gasteiger partial charge in [-0.15, -0.1) is 0 Å². The maximum atomic E-state index is 10.6. The number of piperazine rings is 1. The minimum atomic E-state index is -0.720. The van der Waals surface area contributed by atoms with Gasteiger partial charge in [-0.25, -0.2) is 0 Å². The van der Waals surface area contributed by atoms with E-state index in [1.165, 1.54) is 5.56 Å². The Balaban J connectivity index is 1.83. The number of aliphatic carboxylic acids is 1. The van der Waals surface area contributed by atoms with E-state index in [1.54, 1.807) is 0 Å². The fourth-order valence-corrected chi connectivity index (χ4v) is 2.71. The molecule has 1 N–H and O–H groups in total. The number of carboxylic acid groups (broad SMARTS) is 1. The Kier molecular flexibility index (Phi) is 5.40. The number of hydrogen-bond acceptors (Lipinski definition) is 3. The van der Waals surface area contributed by atoms with Crippen molar-refractivity contribution >= 4 is 17.6 Å². The van der Waals surface area contributed by atoms with Crippen molar-refractivity contribution in [3.63, 3.8) is 0 Å². The van der Waals surface area contributed by atoms with Crippen LogP contribution in [0.3, 0.4) is 0 Å². The molecule has 1 heterocycles. The molecule has 0 radical (unpaired) electrons. The van der Waals surface area contributed by atoms with E-state index in [0.29, 0.717) is 12.6 Å². The third-order valence-electron chi connectivity index (χ3n) is 3.95. The Morgan fingerprint density at radius 1 is 1.25 bits per heavy atom. The Bertz CT molecular complexity index is 442. The van der Waals surface area contributed by atoms with Gasteiger partial charge in [0.05, 0.1) is 6.42 Å². The molecule has 110 valence electrons. The highest BCUT2D eigenvalue weighted by Crippen LogP contribution is 2.23. The second-order valence-corrected chi connectivity index (χ2v) is 5.69. The average Bonchev–Trinajstić information content (AvgIpc) is 2.46. The lowest BCUT2D eigenvalue weighted by molar-refractivity contribution is -0.137. The van der Waals surface area contributed by atoms with Crippen molar-refractivity contribution in [2.75, 3.05) is 32.7 Å². The lowest BCUT2D eigenvalue weighted by Gasteiger charge is -2.38. The smallest absolute Gasteiger partial charge is 0.304 e. The van der Waals surface area contributed by atoms with E-state index in [4.69, 9.17) is 16.7 Å². The van der Waals surface area contributed by atoms with E-state index >= 15 is 0 Å². The summed E-state index contributed by atoms with van der Waals surface area (Å²) in [4.78, 5) is 15.2. The molecule has 1 aliphatic heterocycles. The van der Waals surface area contributed by atoms with Crippen molar-refractivity contribution in [2.45, 2.75) is 19.4 Å². The highest BCUT2D eigenvalue weighted by atomic mass is 35.5. The van der Waals surface area contributed by atoms with E-state index in [1.807, 2.05) is 12.1 Å². The van der Waals surface area contributed by atoms with Crippen LogP contribution < -0.4 is 0 Å². The molecule has 1 aromatic rings. The monoisotopic (exact) mass is 296 g/mol. The number of nitrogens with zero attached hydrogens (tertiary/aromatic N) is 2. The zero-order chi connectivity index (χ0) is 14.5. The van der Waals surface area contributed by atoms with Gasteiger partial charge in [-0.05, 0) is 24.6 Å². The third kappa shape index (κ3) is 4.20. The molecule has 0 aromatic heterocycles. The van der Waals surface area contributed by atoms with Crippen molar-refractivity contribution in [1.82, 2.24) is 9.80 Å². The first-order valence-electron chi connectivity index (χ1n) is 7.00. The van der Waals surface area contributed by atoms with Crippen LogP contribution in [0.25, 0.3) is 0 Å². The third-order valence-corrected chi connectivity index (χ3v) is 4.20. The molecule has 0 unspecified atom stereocenters. The highest BCUT2D eigenvalue weighted by molar-refractivity contribution is 6.30. The fraction of sp³-hybridized carbons (Fsp3) is 0.533. The number of hydrogen-bond donors (Lipinski definition) is 1. The Labute approximate surface area is 124 Å². The molecule has 5 heteroatoms. The molecule has 20 heavy (non-hydrogen) atoms. The number of benzene rings is 1. The van der Waals surface area contributed by atoms with Crippen molar-refractivity contribution < 1.29 is 9.90 Å². The predicted molar refractivity (Wildman–Crippen MR) is 80.1 cm³/mol. The van der Waals surface area contributed by atoms with Gasteiger partial charge in [-0.3, -0.25) is 9.69 Å². The SMILES string of the molecule is C[C@@H](c1ccc(Cl)cc1)N1CCN(CCC(=O)O)CC1. The summed E-state index contributed by atoms with van der Waals surface area (Å²) < 4.78 is 0. The first kappa shape index (κ1) is 15.3. The summed E-state index contributed by atoms with van der Waals surface area (Å²) >= 11 is 5.91. The van der Waals surface area contributed by atoms with Crippen molar-refractivity contribution in [3.05, 3.63) is 34.9 Å². The molecule has 1 saturated heterocycles. The molecule has 1 aromatic carbocycles. The summed E-state index contributed by atoms with van der Waals surface area (Å²) in [5, 5.41) is 9.47. The molecule has 1 aliphatic rings. The number of carboxylic acids is 1. The van der Waals surface area contributed by atoms with Crippen LogP contribution in [0.2, 0.25) is 5.02 Å². The summed E-state index contributed by atoms with van der Waals surface area (Å²) in [5.74, 6) is -0.720. The number of carbonyl (C=O) groups is 1. The zero-order valence-corrected chi connectivity index (χ0v) is 12.5. The predicted octanol–water partition coefficient (Wildman–Crippen LogP) is 2.49. The molecule has 0 aliphatic carbocycles. The van der Waals surface area contributed by atoms with Crippen LogP contribution in [0, 0.1) is 0 Å². The van der Waals surface area contributed by atoms with Gasteiger partial charge < -0.3 is 10.0 Å². The van der Waals surface area contributed by atoms with Crippen LogP contribution in [0.4, 0.5) is 0 Å². The summed E-state index contributed by atoms with van der Waals surface area (Å²) in [6, 6.07) is 8.37. The van der Waals surface area contributed by atoms with Crippen LogP contribution in [0.15, 0.2) is 24.3 Å². The maximum Gasteiger partial charge on any atom is 0.304 e. The van der Waals surface area contributed by atoms with Gasteiger partial charge in [0.2, 0.25) is 0 Å². The molecule has 1 atom stereocenters. The Hall–Kier alpha value is -1.10. The summed E-state index contributed by atoms with van der Waals surface area (Å²) in [6.45, 7) is 6.68. The molecule has 0 spiro atoms. The van der Waals surface area contributed by atoms with Gasteiger partial charge in [0.25, 0.3) is 0 Å². The van der Waals surface area contributed by atoms with Gasteiger partial charge in [0.1, 0.15) is 0 Å². The van der Waals surface area contributed by atoms with Gasteiger partial charge in [-0.2, -0.15) is 0 Å². The van der Waals surface area contributed by atoms with Crippen LogP contribution in [0.1, 0.15) is 24.9 Å². The molecule has 0 bridgehead atoms. The molecule has 0 saturated carbocycles. The molecule has 2 rings (SSSR count). The molecule has 0 amide bonds. The van der Waals surface area contributed by atoms with Crippen molar-refractivity contribution in [1.29, 1.82) is 0 Å². The number of rotatable bonds is 5. The first-order valence-corrected chi connectivity index (χ1v) is 7.37. The minimum absolute atomic E-state index is 0.229. The largest absolute Gasteiger partial charge is 0.481 e. The van der Waals surface area contributed by atoms with Crippen LogP contribution in [0.5, 0.6) is 0 Å².